The van der Waals surface area contributed by atoms with Crippen molar-refractivity contribution < 1.29 is 4.79 Å². The third kappa shape index (κ3) is 3.40. The number of fused-ring (bicyclic) bond motifs is 2. The van der Waals surface area contributed by atoms with Crippen LogP contribution in [0.3, 0.4) is 0 Å². The predicted octanol–water partition coefficient (Wildman–Crippen LogP) is 2.13. The lowest BCUT2D eigenvalue weighted by molar-refractivity contribution is -0.132. The molecule has 2 aromatic rings. The third-order valence-corrected chi connectivity index (χ3v) is 5.56. The maximum absolute atomic E-state index is 12.5. The largest absolute Gasteiger partial charge is 0.332 e. The summed E-state index contributed by atoms with van der Waals surface area (Å²) in [5.74, 6) is 0.869. The maximum Gasteiger partial charge on any atom is 0.238 e. The van der Waals surface area contributed by atoms with Crippen LogP contribution in [0.2, 0.25) is 0 Å². The molecule has 1 aromatic carbocycles. The summed E-state index contributed by atoms with van der Waals surface area (Å²) in [7, 11) is 0. The summed E-state index contributed by atoms with van der Waals surface area (Å²) in [6.07, 6.45) is 6.50. The Morgan fingerprint density at radius 3 is 2.92 bits per heavy atom. The summed E-state index contributed by atoms with van der Waals surface area (Å²) in [4.78, 5) is 14.4. The van der Waals surface area contributed by atoms with E-state index in [0.717, 1.165) is 25.1 Å². The molecule has 132 valence electrons. The summed E-state index contributed by atoms with van der Waals surface area (Å²) in [6, 6.07) is 6.74. The van der Waals surface area contributed by atoms with Gasteiger partial charge in [0.1, 0.15) is 5.88 Å². The number of nitrogens with zero attached hydrogens (tertiary/aromatic N) is 5. The Morgan fingerprint density at radius 1 is 1.24 bits per heavy atom. The first-order chi connectivity index (χ1) is 12.2. The predicted molar refractivity (Wildman–Crippen MR) is 94.3 cm³/mol. The van der Waals surface area contributed by atoms with Gasteiger partial charge in [-0.3, -0.25) is 4.79 Å². The molecule has 1 amide bonds. The van der Waals surface area contributed by atoms with Gasteiger partial charge in [0.2, 0.25) is 5.91 Å². The zero-order valence-corrected chi connectivity index (χ0v) is 15.0. The molecular formula is C18H22ClN5O. The van der Waals surface area contributed by atoms with Gasteiger partial charge in [-0.05, 0) is 59.2 Å². The van der Waals surface area contributed by atoms with Crippen LogP contribution in [0, 0.1) is 0 Å². The molecule has 7 heteroatoms. The van der Waals surface area contributed by atoms with Crippen LogP contribution < -0.4 is 0 Å². The second-order valence-electron chi connectivity index (χ2n) is 6.94. The molecule has 1 aromatic heterocycles. The quantitative estimate of drug-likeness (QED) is 0.784. The normalized spacial score (nSPS) is 19.2. The second-order valence-corrected chi connectivity index (χ2v) is 7.20. The highest BCUT2D eigenvalue weighted by molar-refractivity contribution is 6.27. The molecule has 0 spiro atoms. The van der Waals surface area contributed by atoms with E-state index in [4.69, 9.17) is 11.6 Å². The van der Waals surface area contributed by atoms with Crippen LogP contribution in [0.1, 0.15) is 41.8 Å². The van der Waals surface area contributed by atoms with Crippen LogP contribution in [0.25, 0.3) is 0 Å². The van der Waals surface area contributed by atoms with Crippen LogP contribution >= 0.6 is 11.6 Å². The van der Waals surface area contributed by atoms with Crippen molar-refractivity contribution in [1.29, 1.82) is 0 Å². The minimum atomic E-state index is -0.0269. The Balaban J connectivity index is 1.55. The first-order valence-electron chi connectivity index (χ1n) is 8.96. The highest BCUT2D eigenvalue weighted by Gasteiger charge is 2.29. The van der Waals surface area contributed by atoms with Gasteiger partial charge in [-0.25, -0.2) is 4.68 Å². The van der Waals surface area contributed by atoms with E-state index in [-0.39, 0.29) is 17.8 Å². The molecular weight excluding hydrogens is 338 g/mol. The minimum Gasteiger partial charge on any atom is -0.332 e. The molecule has 6 nitrogen and oxygen atoms in total. The molecule has 4 rings (SSSR count). The van der Waals surface area contributed by atoms with Crippen molar-refractivity contribution >= 4 is 17.5 Å². The second kappa shape index (κ2) is 7.12. The van der Waals surface area contributed by atoms with Crippen LogP contribution in [0.5, 0.6) is 0 Å². The van der Waals surface area contributed by atoms with Crippen molar-refractivity contribution in [3.05, 3.63) is 40.7 Å². The number of aromatic nitrogens is 4. The van der Waals surface area contributed by atoms with Crippen molar-refractivity contribution in [3.8, 4) is 0 Å². The molecule has 1 aliphatic heterocycles. The van der Waals surface area contributed by atoms with Gasteiger partial charge in [-0.15, -0.1) is 16.7 Å². The Bertz CT molecular complexity index is 775. The van der Waals surface area contributed by atoms with E-state index in [0.29, 0.717) is 13.1 Å². The van der Waals surface area contributed by atoms with E-state index >= 15 is 0 Å². The number of carbonyl (C=O) groups is 1. The van der Waals surface area contributed by atoms with E-state index < -0.39 is 0 Å². The summed E-state index contributed by atoms with van der Waals surface area (Å²) in [6.45, 7) is 1.23. The molecule has 0 saturated heterocycles. The fraction of sp³-hybridized carbons (Fsp3) is 0.556. The van der Waals surface area contributed by atoms with Gasteiger partial charge in [0.15, 0.2) is 5.82 Å². The van der Waals surface area contributed by atoms with E-state index in [2.05, 4.69) is 33.7 Å². The Kier molecular flexibility index (Phi) is 4.70. The van der Waals surface area contributed by atoms with Gasteiger partial charge in [0.25, 0.3) is 0 Å². The Morgan fingerprint density at radius 2 is 2.08 bits per heavy atom. The molecule has 0 bridgehead atoms. The monoisotopic (exact) mass is 359 g/mol. The molecule has 0 radical (unpaired) electrons. The smallest absolute Gasteiger partial charge is 0.238 e. The summed E-state index contributed by atoms with van der Waals surface area (Å²) in [5, 5.41) is 11.8. The van der Waals surface area contributed by atoms with Crippen LogP contribution in [0.15, 0.2) is 18.2 Å². The van der Waals surface area contributed by atoms with Crippen molar-refractivity contribution in [2.75, 3.05) is 5.88 Å². The lowest BCUT2D eigenvalue weighted by atomic mass is 9.90. The number of aryl methyl sites for hydroxylation is 3. The highest BCUT2D eigenvalue weighted by atomic mass is 35.5. The summed E-state index contributed by atoms with van der Waals surface area (Å²) in [5.41, 5.74) is 4.08. The average Bonchev–Trinajstić information content (AvgIpc) is 3.13. The number of amides is 1. The zero-order valence-electron chi connectivity index (χ0n) is 14.2. The standard InChI is InChI=1S/C18H22ClN5O/c19-10-18(25)23(16-7-8-17-20-21-22-24(17)12-16)11-13-5-6-14-3-1-2-4-15(14)9-13/h5-6,9,16H,1-4,7-8,10-12H2. The first kappa shape index (κ1) is 16.5. The molecule has 2 heterocycles. The van der Waals surface area contributed by atoms with Crippen molar-refractivity contribution in [1.82, 2.24) is 25.1 Å². The molecule has 1 unspecified atom stereocenters. The lowest BCUT2D eigenvalue weighted by Crippen LogP contribution is -2.45. The van der Waals surface area contributed by atoms with Crippen LogP contribution in [-0.4, -0.2) is 42.9 Å². The van der Waals surface area contributed by atoms with Gasteiger partial charge in [-0.1, -0.05) is 18.2 Å². The fourth-order valence-corrected chi connectivity index (χ4v) is 4.12. The van der Waals surface area contributed by atoms with E-state index in [1.54, 1.807) is 4.68 Å². The minimum absolute atomic E-state index is 0.00387. The average molecular weight is 360 g/mol. The molecule has 0 fully saturated rings. The van der Waals surface area contributed by atoms with Gasteiger partial charge in [0, 0.05) is 13.0 Å². The number of alkyl halides is 1. The van der Waals surface area contributed by atoms with Gasteiger partial charge < -0.3 is 4.90 Å². The van der Waals surface area contributed by atoms with Crippen molar-refractivity contribution in [2.45, 2.75) is 57.7 Å². The third-order valence-electron chi connectivity index (χ3n) is 5.33. The Labute approximate surface area is 152 Å². The first-order valence-corrected chi connectivity index (χ1v) is 9.49. The summed E-state index contributed by atoms with van der Waals surface area (Å²) >= 11 is 5.89. The number of benzene rings is 1. The number of halogens is 1. The van der Waals surface area contributed by atoms with Crippen LogP contribution in [-0.2, 0) is 37.1 Å². The number of rotatable bonds is 4. The van der Waals surface area contributed by atoms with Gasteiger partial charge in [0.05, 0.1) is 12.6 Å². The maximum atomic E-state index is 12.5. The summed E-state index contributed by atoms with van der Waals surface area (Å²) < 4.78 is 1.80. The number of hydrogen-bond donors (Lipinski definition) is 0. The number of hydrogen-bond acceptors (Lipinski definition) is 4. The molecule has 1 atom stereocenters. The van der Waals surface area contributed by atoms with Crippen LogP contribution in [0.4, 0.5) is 0 Å². The Hall–Kier alpha value is -1.95. The number of carbonyl (C=O) groups excluding carboxylic acids is 1. The molecule has 1 aliphatic carbocycles. The highest BCUT2D eigenvalue weighted by Crippen LogP contribution is 2.24. The van der Waals surface area contributed by atoms with Gasteiger partial charge in [-0.2, -0.15) is 0 Å². The topological polar surface area (TPSA) is 63.9 Å². The molecule has 2 aliphatic rings. The van der Waals surface area contributed by atoms with Crippen molar-refractivity contribution in [2.24, 2.45) is 0 Å². The van der Waals surface area contributed by atoms with E-state index in [1.165, 1.54) is 36.0 Å². The molecule has 0 saturated carbocycles. The fourth-order valence-electron chi connectivity index (χ4n) is 3.96. The van der Waals surface area contributed by atoms with Crippen molar-refractivity contribution in [3.63, 3.8) is 0 Å². The SMILES string of the molecule is O=C(CCl)N(Cc1ccc2c(c1)CCCC2)C1CCc2nnnn2C1. The van der Waals surface area contributed by atoms with Gasteiger partial charge >= 0.3 is 0 Å². The number of tetrazole rings is 1. The van der Waals surface area contributed by atoms with E-state index in [1.807, 2.05) is 4.90 Å². The molecule has 0 N–H and O–H groups in total. The molecule has 25 heavy (non-hydrogen) atoms. The van der Waals surface area contributed by atoms with E-state index in [9.17, 15) is 4.79 Å². The lowest BCUT2D eigenvalue weighted by Gasteiger charge is -2.34. The zero-order chi connectivity index (χ0) is 17.2.